The molecule has 8 aromatic carbocycles. The van der Waals surface area contributed by atoms with Crippen molar-refractivity contribution < 1.29 is 0 Å². The van der Waals surface area contributed by atoms with Gasteiger partial charge in [-0.05, 0) is 105 Å². The third kappa shape index (κ3) is 5.02. The number of anilines is 3. The summed E-state index contributed by atoms with van der Waals surface area (Å²) >= 11 is 0. The Kier molecular flexibility index (Phi) is 7.19. The van der Waals surface area contributed by atoms with Crippen molar-refractivity contribution in [3.05, 3.63) is 205 Å². The van der Waals surface area contributed by atoms with E-state index in [4.69, 9.17) is 0 Å². The van der Waals surface area contributed by atoms with Gasteiger partial charge in [0.2, 0.25) is 0 Å². The summed E-state index contributed by atoms with van der Waals surface area (Å²) in [4.78, 5) is 2.42. The number of fused-ring (bicyclic) bond motifs is 6. The monoisotopic (exact) mass is 678 g/mol. The Morgan fingerprint density at radius 3 is 1.81 bits per heavy atom. The van der Waals surface area contributed by atoms with Crippen molar-refractivity contribution in [1.82, 2.24) is 4.57 Å². The minimum atomic E-state index is -0.102. The number of hydrogen-bond donors (Lipinski definition) is 0. The lowest BCUT2D eigenvalue weighted by molar-refractivity contribution is 0.660. The second-order valence-corrected chi connectivity index (χ2v) is 14.6. The van der Waals surface area contributed by atoms with Gasteiger partial charge in [-0.15, -0.1) is 0 Å². The zero-order chi connectivity index (χ0) is 35.5. The van der Waals surface area contributed by atoms with Crippen molar-refractivity contribution in [3.63, 3.8) is 0 Å². The summed E-state index contributed by atoms with van der Waals surface area (Å²) in [5, 5.41) is 2.51. The lowest BCUT2D eigenvalue weighted by atomic mass is 9.82. The maximum absolute atomic E-state index is 2.42. The molecule has 0 atom stereocenters. The summed E-state index contributed by atoms with van der Waals surface area (Å²) < 4.78 is 2.39. The van der Waals surface area contributed by atoms with Crippen LogP contribution >= 0.6 is 0 Å². The third-order valence-electron chi connectivity index (χ3n) is 11.2. The molecule has 252 valence electrons. The first-order chi connectivity index (χ1) is 26.1. The van der Waals surface area contributed by atoms with Crippen LogP contribution in [0.15, 0.2) is 194 Å². The number of rotatable bonds is 6. The Morgan fingerprint density at radius 1 is 0.396 bits per heavy atom. The number of nitrogens with zero attached hydrogens (tertiary/aromatic N) is 2. The first-order valence-electron chi connectivity index (χ1n) is 18.4. The van der Waals surface area contributed by atoms with Crippen molar-refractivity contribution in [2.45, 2.75) is 19.3 Å². The minimum Gasteiger partial charge on any atom is -0.310 e. The maximum Gasteiger partial charge on any atom is 0.0547 e. The van der Waals surface area contributed by atoms with Crippen LogP contribution in [0, 0.1) is 0 Å². The second-order valence-electron chi connectivity index (χ2n) is 14.6. The highest BCUT2D eigenvalue weighted by Gasteiger charge is 2.35. The fraction of sp³-hybridized carbons (Fsp3) is 0.0588. The molecule has 1 aliphatic carbocycles. The van der Waals surface area contributed by atoms with Crippen LogP contribution in [0.4, 0.5) is 17.1 Å². The van der Waals surface area contributed by atoms with Gasteiger partial charge in [0.15, 0.2) is 0 Å². The van der Waals surface area contributed by atoms with Crippen LogP contribution < -0.4 is 4.90 Å². The van der Waals surface area contributed by atoms with E-state index in [0.717, 1.165) is 22.7 Å². The van der Waals surface area contributed by atoms with Crippen molar-refractivity contribution in [3.8, 4) is 39.1 Å². The number of aromatic nitrogens is 1. The third-order valence-corrected chi connectivity index (χ3v) is 11.2. The molecule has 0 aliphatic heterocycles. The lowest BCUT2D eigenvalue weighted by Crippen LogP contribution is -2.16. The molecule has 0 amide bonds. The van der Waals surface area contributed by atoms with E-state index in [1.54, 1.807) is 0 Å². The first kappa shape index (κ1) is 31.1. The van der Waals surface area contributed by atoms with Gasteiger partial charge in [-0.1, -0.05) is 147 Å². The van der Waals surface area contributed by atoms with Gasteiger partial charge in [0.25, 0.3) is 0 Å². The first-order valence-corrected chi connectivity index (χ1v) is 18.4. The van der Waals surface area contributed by atoms with Gasteiger partial charge in [0.1, 0.15) is 0 Å². The zero-order valence-corrected chi connectivity index (χ0v) is 29.9. The molecule has 1 heterocycles. The average molecular weight is 679 g/mol. The van der Waals surface area contributed by atoms with Crippen LogP contribution in [0.25, 0.3) is 60.9 Å². The molecule has 53 heavy (non-hydrogen) atoms. The predicted molar refractivity (Wildman–Crippen MR) is 224 cm³/mol. The molecule has 0 saturated heterocycles. The SMILES string of the molecule is CC1(C)c2ccccc2-c2ccc(N(c3ccc(-c4ccccc4)cc3)c3cccc(-c4cccc5c4c4ccccc4n5-c4ccccc4)c3)cc21. The van der Waals surface area contributed by atoms with Crippen molar-refractivity contribution >= 4 is 38.9 Å². The van der Waals surface area contributed by atoms with Crippen molar-refractivity contribution in [2.75, 3.05) is 4.90 Å². The molecule has 1 aliphatic rings. The summed E-state index contributed by atoms with van der Waals surface area (Å²) in [6, 6.07) is 70.8. The maximum atomic E-state index is 2.42. The molecular weight excluding hydrogens is 641 g/mol. The molecule has 0 spiro atoms. The van der Waals surface area contributed by atoms with Gasteiger partial charge in [-0.25, -0.2) is 0 Å². The van der Waals surface area contributed by atoms with Gasteiger partial charge in [-0.3, -0.25) is 0 Å². The topological polar surface area (TPSA) is 8.17 Å². The smallest absolute Gasteiger partial charge is 0.0547 e. The Labute approximate surface area is 310 Å². The summed E-state index contributed by atoms with van der Waals surface area (Å²) in [7, 11) is 0. The highest BCUT2D eigenvalue weighted by molar-refractivity contribution is 6.16. The van der Waals surface area contributed by atoms with Crippen LogP contribution in [0.3, 0.4) is 0 Å². The van der Waals surface area contributed by atoms with E-state index in [9.17, 15) is 0 Å². The molecule has 10 rings (SSSR count). The van der Waals surface area contributed by atoms with E-state index >= 15 is 0 Å². The summed E-state index contributed by atoms with van der Waals surface area (Å²) in [6.07, 6.45) is 0. The summed E-state index contributed by atoms with van der Waals surface area (Å²) in [6.45, 7) is 4.71. The van der Waals surface area contributed by atoms with Crippen molar-refractivity contribution in [2.24, 2.45) is 0 Å². The summed E-state index contributed by atoms with van der Waals surface area (Å²) in [5.41, 5.74) is 17.1. The number of hydrogen-bond acceptors (Lipinski definition) is 1. The van der Waals surface area contributed by atoms with Crippen molar-refractivity contribution in [1.29, 1.82) is 0 Å². The normalized spacial score (nSPS) is 12.9. The van der Waals surface area contributed by atoms with E-state index < -0.39 is 0 Å². The fourth-order valence-corrected chi connectivity index (χ4v) is 8.64. The molecule has 0 radical (unpaired) electrons. The molecule has 0 N–H and O–H groups in total. The van der Waals surface area contributed by atoms with E-state index in [1.165, 1.54) is 66.3 Å². The average Bonchev–Trinajstić information content (AvgIpc) is 3.68. The van der Waals surface area contributed by atoms with Crippen LogP contribution in [-0.2, 0) is 5.41 Å². The quantitative estimate of drug-likeness (QED) is 0.170. The fourth-order valence-electron chi connectivity index (χ4n) is 8.64. The molecule has 0 unspecified atom stereocenters. The largest absolute Gasteiger partial charge is 0.310 e. The van der Waals surface area contributed by atoms with Gasteiger partial charge >= 0.3 is 0 Å². The molecule has 9 aromatic rings. The Hall–Kier alpha value is -6.64. The Balaban J connectivity index is 1.15. The van der Waals surface area contributed by atoms with Gasteiger partial charge < -0.3 is 9.47 Å². The number of benzene rings is 8. The van der Waals surface area contributed by atoms with Crippen LogP contribution in [-0.4, -0.2) is 4.57 Å². The zero-order valence-electron chi connectivity index (χ0n) is 29.9. The Morgan fingerprint density at radius 2 is 0.981 bits per heavy atom. The highest BCUT2D eigenvalue weighted by Crippen LogP contribution is 2.51. The van der Waals surface area contributed by atoms with E-state index in [2.05, 4.69) is 217 Å². The van der Waals surface area contributed by atoms with Gasteiger partial charge in [0.05, 0.1) is 11.0 Å². The summed E-state index contributed by atoms with van der Waals surface area (Å²) in [5.74, 6) is 0. The lowest BCUT2D eigenvalue weighted by Gasteiger charge is -2.28. The highest BCUT2D eigenvalue weighted by atomic mass is 15.1. The van der Waals surface area contributed by atoms with Crippen LogP contribution in [0.5, 0.6) is 0 Å². The standard InChI is InChI=1S/C51H38N2/c1-51(2)46-24-11-9-21-43(46)44-32-31-41(34-47(44)51)52(39-29-27-36(28-30-39)35-15-5-3-6-16-35)40-20-13-17-37(33-40)42-23-14-26-49-50(42)45-22-10-12-25-48(45)53(49)38-18-7-4-8-19-38/h3-34H,1-2H3. The van der Waals surface area contributed by atoms with E-state index in [0.29, 0.717) is 0 Å². The molecule has 0 fully saturated rings. The molecule has 0 bridgehead atoms. The Bertz CT molecular complexity index is 2790. The molecule has 2 nitrogen and oxygen atoms in total. The predicted octanol–water partition coefficient (Wildman–Crippen LogP) is 13.9. The van der Waals surface area contributed by atoms with Gasteiger partial charge in [-0.2, -0.15) is 0 Å². The molecule has 0 saturated carbocycles. The van der Waals surface area contributed by atoms with Crippen LogP contribution in [0.1, 0.15) is 25.0 Å². The second kappa shape index (κ2) is 12.3. The molecular formula is C51H38N2. The molecule has 2 heteroatoms. The van der Waals surface area contributed by atoms with Crippen LogP contribution in [0.2, 0.25) is 0 Å². The minimum absolute atomic E-state index is 0.102. The van der Waals surface area contributed by atoms with Gasteiger partial charge in [0, 0.05) is 38.9 Å². The number of para-hydroxylation sites is 2. The van der Waals surface area contributed by atoms with E-state index in [-0.39, 0.29) is 5.41 Å². The van der Waals surface area contributed by atoms with E-state index in [1.807, 2.05) is 0 Å². The molecule has 1 aromatic heterocycles.